The van der Waals surface area contributed by atoms with Crippen LogP contribution in [-0.2, 0) is 4.79 Å². The van der Waals surface area contributed by atoms with Crippen molar-refractivity contribution in [2.45, 2.75) is 45.8 Å². The second kappa shape index (κ2) is 9.53. The molecule has 3 heterocycles. The van der Waals surface area contributed by atoms with E-state index in [2.05, 4.69) is 57.3 Å². The predicted octanol–water partition coefficient (Wildman–Crippen LogP) is 5.89. The zero-order valence-electron chi connectivity index (χ0n) is 19.1. The Hall–Kier alpha value is -2.90. The lowest BCUT2D eigenvalue weighted by atomic mass is 10.0. The van der Waals surface area contributed by atoms with Crippen LogP contribution in [0.3, 0.4) is 0 Å². The maximum absolute atomic E-state index is 12.1. The van der Waals surface area contributed by atoms with Gasteiger partial charge >= 0.3 is 0 Å². The van der Waals surface area contributed by atoms with Crippen LogP contribution >= 0.6 is 23.8 Å². The third-order valence-electron chi connectivity index (χ3n) is 5.78. The number of carbonyl (C=O) groups excluding carboxylic acids is 1. The molecule has 2 N–H and O–H groups in total. The van der Waals surface area contributed by atoms with E-state index >= 15 is 0 Å². The van der Waals surface area contributed by atoms with Crippen molar-refractivity contribution in [1.82, 2.24) is 14.9 Å². The summed E-state index contributed by atoms with van der Waals surface area (Å²) in [6.07, 6.45) is 3.89. The number of thiocarbonyl (C=S) groups is 1. The zero-order valence-corrected chi connectivity index (χ0v) is 20.7. The van der Waals surface area contributed by atoms with Crippen molar-refractivity contribution < 1.29 is 4.79 Å². The van der Waals surface area contributed by atoms with Gasteiger partial charge < -0.3 is 20.1 Å². The normalized spacial score (nSPS) is 18.2. The highest BCUT2D eigenvalue weighted by atomic mass is 35.5. The van der Waals surface area contributed by atoms with E-state index in [1.807, 2.05) is 50.2 Å². The van der Waals surface area contributed by atoms with Crippen LogP contribution in [0.1, 0.15) is 57.2 Å². The number of hydrogen-bond acceptors (Lipinski definition) is 3. The smallest absolute Gasteiger partial charge is 0.226 e. The Kier molecular flexibility index (Phi) is 6.72. The molecule has 1 aliphatic rings. The number of rotatable bonds is 6. The molecule has 172 valence electrons. The summed E-state index contributed by atoms with van der Waals surface area (Å²) in [5.74, 6) is -0.214. The van der Waals surface area contributed by atoms with Gasteiger partial charge in [0.1, 0.15) is 6.04 Å². The number of hydrogen-bond donors (Lipinski definition) is 2. The molecule has 0 aliphatic carbocycles. The SMILES string of the molecule is CC(C)C(=O)Nc1ccc(N2C(=S)N[C@@H](c3ccccn3)[C@@H]2c2cccn2C(C)C)cc1Cl. The van der Waals surface area contributed by atoms with Gasteiger partial charge in [-0.25, -0.2) is 0 Å². The van der Waals surface area contributed by atoms with Gasteiger partial charge in [-0.1, -0.05) is 31.5 Å². The van der Waals surface area contributed by atoms with Gasteiger partial charge in [0.25, 0.3) is 0 Å². The first-order valence-electron chi connectivity index (χ1n) is 11.1. The predicted molar refractivity (Wildman–Crippen MR) is 138 cm³/mol. The molecule has 2 aromatic heterocycles. The van der Waals surface area contributed by atoms with Crippen molar-refractivity contribution in [1.29, 1.82) is 0 Å². The number of benzene rings is 1. The molecule has 0 bridgehead atoms. The van der Waals surface area contributed by atoms with Crippen molar-refractivity contribution in [3.05, 3.63) is 77.3 Å². The third kappa shape index (κ3) is 4.61. The summed E-state index contributed by atoms with van der Waals surface area (Å²) in [5, 5.41) is 7.42. The molecule has 0 saturated carbocycles. The van der Waals surface area contributed by atoms with E-state index in [0.717, 1.165) is 17.1 Å². The molecule has 3 aromatic rings. The van der Waals surface area contributed by atoms with Gasteiger partial charge in [0.15, 0.2) is 5.11 Å². The number of amides is 1. The number of pyridine rings is 1. The van der Waals surface area contributed by atoms with E-state index in [4.69, 9.17) is 23.8 Å². The summed E-state index contributed by atoms with van der Waals surface area (Å²) in [6.45, 7) is 8.01. The Bertz CT molecular complexity index is 1160. The molecule has 8 heteroatoms. The standard InChI is InChI=1S/C25H28ClN5OS/c1-15(2)24(32)28-19-11-10-17(14-18(19)26)31-23(21-9-7-13-30(21)16(3)4)22(29-25(31)33)20-8-5-6-12-27-20/h5-16,22-23H,1-4H3,(H,28,32)(H,29,33)/t22-,23-/m0/s1. The fourth-order valence-electron chi connectivity index (χ4n) is 4.09. The number of carbonyl (C=O) groups is 1. The van der Waals surface area contributed by atoms with E-state index in [1.54, 1.807) is 6.20 Å². The highest BCUT2D eigenvalue weighted by Gasteiger charge is 2.42. The first-order chi connectivity index (χ1) is 15.8. The van der Waals surface area contributed by atoms with Gasteiger partial charge in [-0.3, -0.25) is 9.78 Å². The van der Waals surface area contributed by atoms with Crippen molar-refractivity contribution in [2.24, 2.45) is 5.92 Å². The number of nitrogens with one attached hydrogen (secondary N) is 2. The van der Waals surface area contributed by atoms with Crippen molar-refractivity contribution in [3.8, 4) is 0 Å². The molecule has 1 fully saturated rings. The van der Waals surface area contributed by atoms with Gasteiger partial charge in [0.05, 0.1) is 22.4 Å². The molecule has 1 saturated heterocycles. The average Bonchev–Trinajstić information content (AvgIpc) is 3.40. The van der Waals surface area contributed by atoms with Crippen LogP contribution in [0.2, 0.25) is 5.02 Å². The fraction of sp³-hybridized carbons (Fsp3) is 0.320. The van der Waals surface area contributed by atoms with E-state index < -0.39 is 0 Å². The highest BCUT2D eigenvalue weighted by Crippen LogP contribution is 2.43. The van der Waals surface area contributed by atoms with Crippen LogP contribution in [0.25, 0.3) is 0 Å². The van der Waals surface area contributed by atoms with Gasteiger partial charge in [0, 0.05) is 35.7 Å². The second-order valence-corrected chi connectivity index (χ2v) is 9.53. The minimum atomic E-state index is -0.136. The molecular formula is C25H28ClN5OS. The van der Waals surface area contributed by atoms with E-state index in [9.17, 15) is 4.79 Å². The topological polar surface area (TPSA) is 62.2 Å². The van der Waals surface area contributed by atoms with Crippen LogP contribution in [0, 0.1) is 5.92 Å². The summed E-state index contributed by atoms with van der Waals surface area (Å²) in [4.78, 5) is 18.8. The van der Waals surface area contributed by atoms with Crippen LogP contribution < -0.4 is 15.5 Å². The molecule has 2 atom stereocenters. The highest BCUT2D eigenvalue weighted by molar-refractivity contribution is 7.80. The Morgan fingerprint density at radius 3 is 2.58 bits per heavy atom. The van der Waals surface area contributed by atoms with Crippen molar-refractivity contribution in [3.63, 3.8) is 0 Å². The number of halogens is 1. The number of aromatic nitrogens is 2. The fourth-order valence-corrected chi connectivity index (χ4v) is 4.66. The summed E-state index contributed by atoms with van der Waals surface area (Å²) >= 11 is 12.4. The lowest BCUT2D eigenvalue weighted by Gasteiger charge is -2.30. The molecule has 4 rings (SSSR count). The second-order valence-electron chi connectivity index (χ2n) is 8.74. The average molecular weight is 482 g/mol. The minimum absolute atomic E-state index is 0.0779. The summed E-state index contributed by atoms with van der Waals surface area (Å²) in [6, 6.07) is 15.7. The molecule has 1 aliphatic heterocycles. The zero-order chi connectivity index (χ0) is 23.7. The molecular weight excluding hydrogens is 454 g/mol. The van der Waals surface area contributed by atoms with Crippen LogP contribution in [-0.4, -0.2) is 20.6 Å². The van der Waals surface area contributed by atoms with Crippen molar-refractivity contribution in [2.75, 3.05) is 10.2 Å². The van der Waals surface area contributed by atoms with E-state index in [-0.39, 0.29) is 30.0 Å². The van der Waals surface area contributed by atoms with E-state index in [0.29, 0.717) is 15.8 Å². The van der Waals surface area contributed by atoms with Crippen LogP contribution in [0.4, 0.5) is 11.4 Å². The molecule has 0 unspecified atom stereocenters. The maximum atomic E-state index is 12.1. The van der Waals surface area contributed by atoms with Gasteiger partial charge in [-0.05, 0) is 68.5 Å². The van der Waals surface area contributed by atoms with Crippen LogP contribution in [0.5, 0.6) is 0 Å². The molecule has 0 spiro atoms. The van der Waals surface area contributed by atoms with Gasteiger partial charge in [-0.15, -0.1) is 0 Å². The number of nitrogens with zero attached hydrogens (tertiary/aromatic N) is 3. The Labute approximate surface area is 205 Å². The third-order valence-corrected chi connectivity index (χ3v) is 6.41. The molecule has 1 amide bonds. The van der Waals surface area contributed by atoms with Gasteiger partial charge in [-0.2, -0.15) is 0 Å². The largest absolute Gasteiger partial charge is 0.351 e. The van der Waals surface area contributed by atoms with Crippen LogP contribution in [0.15, 0.2) is 60.9 Å². The molecule has 6 nitrogen and oxygen atoms in total. The quantitative estimate of drug-likeness (QED) is 0.430. The summed E-state index contributed by atoms with van der Waals surface area (Å²) < 4.78 is 2.25. The first kappa shape index (κ1) is 23.3. The minimum Gasteiger partial charge on any atom is -0.351 e. The monoisotopic (exact) mass is 481 g/mol. The van der Waals surface area contributed by atoms with Gasteiger partial charge in [0.2, 0.25) is 5.91 Å². The maximum Gasteiger partial charge on any atom is 0.226 e. The summed E-state index contributed by atoms with van der Waals surface area (Å²) in [5.41, 5.74) is 3.47. The molecule has 1 aromatic carbocycles. The Balaban J connectivity index is 1.77. The lowest BCUT2D eigenvalue weighted by Crippen LogP contribution is -2.30. The number of anilines is 2. The Morgan fingerprint density at radius 2 is 1.94 bits per heavy atom. The van der Waals surface area contributed by atoms with Crippen molar-refractivity contribution >= 4 is 46.2 Å². The lowest BCUT2D eigenvalue weighted by molar-refractivity contribution is -0.118. The summed E-state index contributed by atoms with van der Waals surface area (Å²) in [7, 11) is 0. The van der Waals surface area contributed by atoms with E-state index in [1.165, 1.54) is 0 Å². The molecule has 0 radical (unpaired) electrons. The Morgan fingerprint density at radius 1 is 1.15 bits per heavy atom. The molecule has 33 heavy (non-hydrogen) atoms. The first-order valence-corrected chi connectivity index (χ1v) is 11.8.